The lowest BCUT2D eigenvalue weighted by molar-refractivity contribution is -0.123. The van der Waals surface area contributed by atoms with Crippen molar-refractivity contribution in [2.24, 2.45) is 0 Å². The van der Waals surface area contributed by atoms with Gasteiger partial charge in [-0.2, -0.15) is 0 Å². The van der Waals surface area contributed by atoms with Crippen LogP contribution in [0.5, 0.6) is 0 Å². The lowest BCUT2D eigenvalue weighted by Crippen LogP contribution is -2.45. The van der Waals surface area contributed by atoms with Gasteiger partial charge in [-0.05, 0) is 70.6 Å². The molecule has 0 aliphatic heterocycles. The van der Waals surface area contributed by atoms with Crippen molar-refractivity contribution in [3.8, 4) is 0 Å². The van der Waals surface area contributed by atoms with Crippen molar-refractivity contribution in [2.75, 3.05) is 6.61 Å². The van der Waals surface area contributed by atoms with Crippen molar-refractivity contribution in [1.29, 1.82) is 0 Å². The summed E-state index contributed by atoms with van der Waals surface area (Å²) in [6, 6.07) is -0.644. The topological polar surface area (TPSA) is 69.6 Å². The molecule has 0 heterocycles. The Morgan fingerprint density at radius 2 is 0.750 bits per heavy atom. The minimum absolute atomic E-state index is 0.0782. The predicted molar refractivity (Wildman–Crippen MR) is 230 cm³/mol. The van der Waals surface area contributed by atoms with Crippen LogP contribution in [0, 0.1) is 0 Å². The Morgan fingerprint density at radius 3 is 1.12 bits per heavy atom. The second kappa shape index (κ2) is 43.8. The summed E-state index contributed by atoms with van der Waals surface area (Å²) >= 11 is 0. The standard InChI is InChI=1S/C48H89NO3/c1-3-5-7-9-11-13-15-17-19-20-21-22-23-24-25-26-27-28-30-32-34-36-38-40-42-44-48(52)49-46(45-50)47(51)43-41-39-37-35-33-31-29-18-16-14-12-10-8-6-4-2/h16,18,20-21,33,35,41,43,46-47,50-51H,3-15,17,19,22-32,34,36-40,42,44-45H2,1-2H3,(H,49,52)/b18-16+,21-20-,35-33+,43-41+. The van der Waals surface area contributed by atoms with E-state index in [2.05, 4.69) is 55.6 Å². The fraction of sp³-hybridized carbons (Fsp3) is 0.812. The largest absolute Gasteiger partial charge is 0.394 e. The van der Waals surface area contributed by atoms with Crippen molar-refractivity contribution in [1.82, 2.24) is 5.32 Å². The Bertz CT molecular complexity index is 831. The molecule has 0 saturated heterocycles. The average Bonchev–Trinajstić information content (AvgIpc) is 3.15. The number of aliphatic hydroxyl groups excluding tert-OH is 2. The van der Waals surface area contributed by atoms with Crippen LogP contribution in [0.15, 0.2) is 48.6 Å². The number of carbonyl (C=O) groups is 1. The van der Waals surface area contributed by atoms with E-state index in [4.69, 9.17) is 0 Å². The highest BCUT2D eigenvalue weighted by Crippen LogP contribution is 2.15. The third-order valence-corrected chi connectivity index (χ3v) is 10.3. The SMILES string of the molecule is CCCCCCC/C=C/CC/C=C/CC/C=C/C(O)C(CO)NC(=O)CCCCCCCCCCCCCCC/C=C\CCCCCCCCCC. The molecule has 2 atom stereocenters. The second-order valence-electron chi connectivity index (χ2n) is 15.4. The summed E-state index contributed by atoms with van der Waals surface area (Å²) in [5.74, 6) is -0.0782. The molecule has 52 heavy (non-hydrogen) atoms. The normalized spacial score (nSPS) is 13.4. The lowest BCUT2D eigenvalue weighted by atomic mass is 10.0. The van der Waals surface area contributed by atoms with Gasteiger partial charge in [0, 0.05) is 6.42 Å². The first-order valence-electron chi connectivity index (χ1n) is 22.9. The maximum Gasteiger partial charge on any atom is 0.220 e. The number of rotatable bonds is 41. The predicted octanol–water partition coefficient (Wildman–Crippen LogP) is 14.4. The molecule has 0 radical (unpaired) electrons. The van der Waals surface area contributed by atoms with Gasteiger partial charge in [-0.25, -0.2) is 0 Å². The van der Waals surface area contributed by atoms with E-state index in [9.17, 15) is 15.0 Å². The van der Waals surface area contributed by atoms with Gasteiger partial charge in [0.15, 0.2) is 0 Å². The number of unbranched alkanes of at least 4 members (excludes halogenated alkanes) is 28. The molecular formula is C48H89NO3. The minimum atomic E-state index is -0.869. The van der Waals surface area contributed by atoms with Gasteiger partial charge in [-0.15, -0.1) is 0 Å². The van der Waals surface area contributed by atoms with Gasteiger partial charge in [0.2, 0.25) is 5.91 Å². The number of nitrogens with one attached hydrogen (secondary N) is 1. The molecule has 0 spiro atoms. The fourth-order valence-corrected chi connectivity index (χ4v) is 6.73. The van der Waals surface area contributed by atoms with Gasteiger partial charge in [0.25, 0.3) is 0 Å². The van der Waals surface area contributed by atoms with Crippen LogP contribution in [0.3, 0.4) is 0 Å². The van der Waals surface area contributed by atoms with E-state index in [0.29, 0.717) is 6.42 Å². The molecule has 0 rings (SSSR count). The molecule has 3 N–H and O–H groups in total. The first-order valence-corrected chi connectivity index (χ1v) is 22.9. The summed E-state index contributed by atoms with van der Waals surface area (Å²) in [5.41, 5.74) is 0. The van der Waals surface area contributed by atoms with Gasteiger partial charge in [0.1, 0.15) is 0 Å². The van der Waals surface area contributed by atoms with Crippen LogP contribution in [-0.2, 0) is 4.79 Å². The Labute approximate surface area is 324 Å². The number of carbonyl (C=O) groups excluding carboxylic acids is 1. The summed E-state index contributed by atoms with van der Waals surface area (Å²) in [6.07, 6.45) is 59.4. The van der Waals surface area contributed by atoms with Crippen molar-refractivity contribution in [3.05, 3.63) is 48.6 Å². The Morgan fingerprint density at radius 1 is 0.442 bits per heavy atom. The molecular weight excluding hydrogens is 639 g/mol. The number of hydrogen-bond acceptors (Lipinski definition) is 3. The van der Waals surface area contributed by atoms with Gasteiger partial charge >= 0.3 is 0 Å². The molecule has 0 aliphatic carbocycles. The maximum absolute atomic E-state index is 12.4. The summed E-state index contributed by atoms with van der Waals surface area (Å²) in [4.78, 5) is 12.4. The summed E-state index contributed by atoms with van der Waals surface area (Å²) in [5, 5.41) is 23.0. The van der Waals surface area contributed by atoms with Gasteiger partial charge < -0.3 is 15.5 Å². The summed E-state index contributed by atoms with van der Waals surface area (Å²) in [6.45, 7) is 4.28. The highest BCUT2D eigenvalue weighted by atomic mass is 16.3. The molecule has 304 valence electrons. The van der Waals surface area contributed by atoms with Crippen LogP contribution >= 0.6 is 0 Å². The van der Waals surface area contributed by atoms with Crippen molar-refractivity contribution < 1.29 is 15.0 Å². The molecule has 0 aliphatic rings. The van der Waals surface area contributed by atoms with Crippen molar-refractivity contribution >= 4 is 5.91 Å². The number of aliphatic hydroxyl groups is 2. The van der Waals surface area contributed by atoms with Crippen LogP contribution in [-0.4, -0.2) is 34.9 Å². The van der Waals surface area contributed by atoms with Crippen molar-refractivity contribution in [2.45, 2.75) is 244 Å². The Hall–Kier alpha value is -1.65. The van der Waals surface area contributed by atoms with E-state index in [1.165, 1.54) is 173 Å². The molecule has 2 unspecified atom stereocenters. The Balaban J connectivity index is 3.57. The number of amides is 1. The molecule has 4 nitrogen and oxygen atoms in total. The molecule has 0 bridgehead atoms. The van der Waals surface area contributed by atoms with Gasteiger partial charge in [0.05, 0.1) is 18.8 Å². The third kappa shape index (κ3) is 39.6. The van der Waals surface area contributed by atoms with Crippen molar-refractivity contribution in [3.63, 3.8) is 0 Å². The van der Waals surface area contributed by atoms with Gasteiger partial charge in [-0.3, -0.25) is 4.79 Å². The van der Waals surface area contributed by atoms with E-state index >= 15 is 0 Å². The molecule has 0 aromatic heterocycles. The summed E-state index contributed by atoms with van der Waals surface area (Å²) in [7, 11) is 0. The molecule has 0 fully saturated rings. The highest BCUT2D eigenvalue weighted by molar-refractivity contribution is 5.76. The van der Waals surface area contributed by atoms with Crippen LogP contribution < -0.4 is 5.32 Å². The molecule has 4 heteroatoms. The zero-order valence-corrected chi connectivity index (χ0v) is 34.8. The zero-order valence-electron chi connectivity index (χ0n) is 34.8. The first-order chi connectivity index (χ1) is 25.7. The average molecular weight is 728 g/mol. The zero-order chi connectivity index (χ0) is 37.8. The maximum atomic E-state index is 12.4. The van der Waals surface area contributed by atoms with E-state index in [-0.39, 0.29) is 12.5 Å². The highest BCUT2D eigenvalue weighted by Gasteiger charge is 2.17. The van der Waals surface area contributed by atoms with Crippen LogP contribution in [0.1, 0.15) is 232 Å². The lowest BCUT2D eigenvalue weighted by Gasteiger charge is -2.19. The first kappa shape index (κ1) is 50.4. The quantitative estimate of drug-likeness (QED) is 0.0434. The Kier molecular flexibility index (Phi) is 42.4. The monoisotopic (exact) mass is 728 g/mol. The number of hydrogen-bond donors (Lipinski definition) is 3. The van der Waals surface area contributed by atoms with Crippen LogP contribution in [0.4, 0.5) is 0 Å². The van der Waals surface area contributed by atoms with E-state index < -0.39 is 12.1 Å². The van der Waals surface area contributed by atoms with E-state index in [1.54, 1.807) is 6.08 Å². The van der Waals surface area contributed by atoms with E-state index in [1.807, 2.05) is 6.08 Å². The molecule has 0 saturated carbocycles. The number of allylic oxidation sites excluding steroid dienone is 7. The molecule has 1 amide bonds. The second-order valence-corrected chi connectivity index (χ2v) is 15.4. The van der Waals surface area contributed by atoms with Crippen LogP contribution in [0.25, 0.3) is 0 Å². The van der Waals surface area contributed by atoms with Gasteiger partial charge in [-0.1, -0.05) is 204 Å². The van der Waals surface area contributed by atoms with Crippen LogP contribution in [0.2, 0.25) is 0 Å². The van der Waals surface area contributed by atoms with E-state index in [0.717, 1.165) is 38.5 Å². The molecule has 0 aromatic carbocycles. The molecule has 0 aromatic rings. The minimum Gasteiger partial charge on any atom is -0.394 e. The third-order valence-electron chi connectivity index (χ3n) is 10.3. The smallest absolute Gasteiger partial charge is 0.220 e. The summed E-state index contributed by atoms with van der Waals surface area (Å²) < 4.78 is 0. The fourth-order valence-electron chi connectivity index (χ4n) is 6.73.